The van der Waals surface area contributed by atoms with E-state index in [1.807, 2.05) is 23.1 Å². The Balaban J connectivity index is 1.47. The number of aromatic nitrogens is 2. The SMILES string of the molecule is CCN(C(=O)c1cc2ncccc2[nH]1)C1CCCC(NC(C)(C)c2ccccc2)C1. The summed E-state index contributed by atoms with van der Waals surface area (Å²) in [5, 5.41) is 3.86. The molecule has 2 unspecified atom stereocenters. The molecule has 3 aromatic rings. The number of pyridine rings is 1. The quantitative estimate of drug-likeness (QED) is 0.617. The molecule has 4 rings (SSSR count). The Kier molecular flexibility index (Phi) is 5.91. The normalized spacial score (nSPS) is 19.7. The number of nitrogens with one attached hydrogen (secondary N) is 2. The minimum atomic E-state index is -0.0995. The van der Waals surface area contributed by atoms with Gasteiger partial charge in [-0.1, -0.05) is 30.3 Å². The Labute approximate surface area is 178 Å². The molecule has 0 radical (unpaired) electrons. The van der Waals surface area contributed by atoms with Crippen molar-refractivity contribution in [3.63, 3.8) is 0 Å². The monoisotopic (exact) mass is 404 g/mol. The van der Waals surface area contributed by atoms with Crippen LogP contribution in [-0.4, -0.2) is 39.4 Å². The number of H-pyrrole nitrogens is 1. The second kappa shape index (κ2) is 8.60. The van der Waals surface area contributed by atoms with Crippen molar-refractivity contribution in [3.8, 4) is 0 Å². The number of fused-ring (bicyclic) bond motifs is 1. The van der Waals surface area contributed by atoms with E-state index < -0.39 is 0 Å². The van der Waals surface area contributed by atoms with Gasteiger partial charge in [0.05, 0.1) is 11.0 Å². The van der Waals surface area contributed by atoms with Gasteiger partial charge in [0, 0.05) is 30.4 Å². The highest BCUT2D eigenvalue weighted by Crippen LogP contribution is 2.29. The third-order valence-electron chi connectivity index (χ3n) is 6.37. The number of amides is 1. The number of carbonyl (C=O) groups excluding carboxylic acids is 1. The van der Waals surface area contributed by atoms with Gasteiger partial charge in [-0.3, -0.25) is 9.78 Å². The van der Waals surface area contributed by atoms with Crippen LogP contribution in [0.3, 0.4) is 0 Å². The van der Waals surface area contributed by atoms with E-state index in [1.54, 1.807) is 6.20 Å². The van der Waals surface area contributed by atoms with E-state index in [0.29, 0.717) is 18.3 Å². The summed E-state index contributed by atoms with van der Waals surface area (Å²) in [5.41, 5.74) is 3.57. The first kappa shape index (κ1) is 20.6. The number of carbonyl (C=O) groups is 1. The number of hydrogen-bond donors (Lipinski definition) is 2. The maximum Gasteiger partial charge on any atom is 0.270 e. The number of aromatic amines is 1. The summed E-state index contributed by atoms with van der Waals surface area (Å²) in [6.45, 7) is 7.27. The van der Waals surface area contributed by atoms with Crippen molar-refractivity contribution in [2.75, 3.05) is 6.54 Å². The van der Waals surface area contributed by atoms with Crippen molar-refractivity contribution in [3.05, 3.63) is 66.0 Å². The van der Waals surface area contributed by atoms with Gasteiger partial charge in [0.25, 0.3) is 5.91 Å². The Morgan fingerprint density at radius 2 is 2.00 bits per heavy atom. The molecule has 1 aromatic carbocycles. The Morgan fingerprint density at radius 1 is 1.20 bits per heavy atom. The van der Waals surface area contributed by atoms with Crippen molar-refractivity contribution in [1.29, 1.82) is 0 Å². The average molecular weight is 405 g/mol. The molecule has 1 saturated carbocycles. The molecule has 0 saturated heterocycles. The van der Waals surface area contributed by atoms with Crippen LogP contribution >= 0.6 is 0 Å². The van der Waals surface area contributed by atoms with Crippen LogP contribution in [0.4, 0.5) is 0 Å². The van der Waals surface area contributed by atoms with Crippen LogP contribution in [0.2, 0.25) is 0 Å². The zero-order chi connectivity index (χ0) is 21.1. The van der Waals surface area contributed by atoms with E-state index in [4.69, 9.17) is 0 Å². The number of benzene rings is 1. The highest BCUT2D eigenvalue weighted by atomic mass is 16.2. The first-order valence-electron chi connectivity index (χ1n) is 11.1. The van der Waals surface area contributed by atoms with Gasteiger partial charge < -0.3 is 15.2 Å². The second-order valence-electron chi connectivity index (χ2n) is 8.86. The van der Waals surface area contributed by atoms with Gasteiger partial charge in [-0.25, -0.2) is 0 Å². The molecule has 2 atom stereocenters. The van der Waals surface area contributed by atoms with Crippen molar-refractivity contribution in [2.45, 2.75) is 64.1 Å². The lowest BCUT2D eigenvalue weighted by atomic mass is 9.86. The van der Waals surface area contributed by atoms with Gasteiger partial charge in [-0.2, -0.15) is 0 Å². The molecule has 2 N–H and O–H groups in total. The molecule has 2 heterocycles. The molecular weight excluding hydrogens is 372 g/mol. The molecule has 0 aliphatic heterocycles. The number of hydrogen-bond acceptors (Lipinski definition) is 3. The summed E-state index contributed by atoms with van der Waals surface area (Å²) >= 11 is 0. The summed E-state index contributed by atoms with van der Waals surface area (Å²) < 4.78 is 0. The van der Waals surface area contributed by atoms with Gasteiger partial charge in [0.1, 0.15) is 5.69 Å². The number of rotatable bonds is 6. The van der Waals surface area contributed by atoms with Gasteiger partial charge in [-0.15, -0.1) is 0 Å². The average Bonchev–Trinajstić information content (AvgIpc) is 3.19. The molecule has 0 bridgehead atoms. The molecule has 5 nitrogen and oxygen atoms in total. The van der Waals surface area contributed by atoms with E-state index in [9.17, 15) is 4.79 Å². The van der Waals surface area contributed by atoms with Crippen LogP contribution in [0.1, 0.15) is 62.5 Å². The van der Waals surface area contributed by atoms with Gasteiger partial charge >= 0.3 is 0 Å². The molecule has 30 heavy (non-hydrogen) atoms. The first-order chi connectivity index (χ1) is 14.5. The summed E-state index contributed by atoms with van der Waals surface area (Å²) in [6.07, 6.45) is 6.07. The van der Waals surface area contributed by atoms with Crippen LogP contribution in [0.5, 0.6) is 0 Å². The summed E-state index contributed by atoms with van der Waals surface area (Å²) in [4.78, 5) is 22.9. The largest absolute Gasteiger partial charge is 0.349 e. The van der Waals surface area contributed by atoms with E-state index in [-0.39, 0.29) is 17.5 Å². The molecule has 158 valence electrons. The van der Waals surface area contributed by atoms with Crippen LogP contribution < -0.4 is 5.32 Å². The summed E-state index contributed by atoms with van der Waals surface area (Å²) in [6, 6.07) is 17.0. The van der Waals surface area contributed by atoms with E-state index in [1.165, 1.54) is 5.56 Å². The van der Waals surface area contributed by atoms with Crippen molar-refractivity contribution >= 4 is 16.9 Å². The molecule has 1 amide bonds. The minimum Gasteiger partial charge on any atom is -0.349 e. The van der Waals surface area contributed by atoms with Gasteiger partial charge in [0.15, 0.2) is 0 Å². The van der Waals surface area contributed by atoms with Crippen molar-refractivity contribution < 1.29 is 4.79 Å². The van der Waals surface area contributed by atoms with Crippen molar-refractivity contribution in [1.82, 2.24) is 20.2 Å². The maximum absolute atomic E-state index is 13.3. The summed E-state index contributed by atoms with van der Waals surface area (Å²) in [7, 11) is 0. The predicted molar refractivity (Wildman–Crippen MR) is 121 cm³/mol. The molecular formula is C25H32N4O. The van der Waals surface area contributed by atoms with E-state index in [2.05, 4.69) is 66.4 Å². The zero-order valence-corrected chi connectivity index (χ0v) is 18.2. The van der Waals surface area contributed by atoms with Crippen LogP contribution in [-0.2, 0) is 5.54 Å². The topological polar surface area (TPSA) is 61.0 Å². The molecule has 1 fully saturated rings. The molecule has 5 heteroatoms. The Hall–Kier alpha value is -2.66. The lowest BCUT2D eigenvalue weighted by molar-refractivity contribution is 0.0614. The second-order valence-corrected chi connectivity index (χ2v) is 8.86. The predicted octanol–water partition coefficient (Wildman–Crippen LogP) is 4.86. The third kappa shape index (κ3) is 4.26. The minimum absolute atomic E-state index is 0.0727. The highest BCUT2D eigenvalue weighted by Gasteiger charge is 2.32. The van der Waals surface area contributed by atoms with Crippen LogP contribution in [0, 0.1) is 0 Å². The van der Waals surface area contributed by atoms with E-state index >= 15 is 0 Å². The van der Waals surface area contributed by atoms with Crippen LogP contribution in [0.25, 0.3) is 11.0 Å². The third-order valence-corrected chi connectivity index (χ3v) is 6.37. The van der Waals surface area contributed by atoms with Crippen molar-refractivity contribution in [2.24, 2.45) is 0 Å². The highest BCUT2D eigenvalue weighted by molar-refractivity contribution is 5.97. The first-order valence-corrected chi connectivity index (χ1v) is 11.1. The van der Waals surface area contributed by atoms with Gasteiger partial charge in [0.2, 0.25) is 0 Å². The number of nitrogens with zero attached hydrogens (tertiary/aromatic N) is 2. The Morgan fingerprint density at radius 3 is 2.73 bits per heavy atom. The van der Waals surface area contributed by atoms with Gasteiger partial charge in [-0.05, 0) is 70.2 Å². The standard InChI is InChI=1S/C25H32N4O/c1-4-29(24(30)23-17-22-21(27-23)14-9-15-26-22)20-13-8-12-19(16-20)28-25(2,3)18-10-6-5-7-11-18/h5-7,9-11,14-15,17,19-20,27-28H,4,8,12-13,16H2,1-3H3. The lowest BCUT2D eigenvalue weighted by Crippen LogP contribution is -2.51. The molecule has 0 spiro atoms. The fourth-order valence-corrected chi connectivity index (χ4v) is 4.82. The molecule has 2 aromatic heterocycles. The molecule has 1 aliphatic rings. The fourth-order valence-electron chi connectivity index (χ4n) is 4.82. The van der Waals surface area contributed by atoms with Crippen LogP contribution in [0.15, 0.2) is 54.7 Å². The lowest BCUT2D eigenvalue weighted by Gasteiger charge is -2.40. The Bertz CT molecular complexity index is 962. The maximum atomic E-state index is 13.3. The zero-order valence-electron chi connectivity index (χ0n) is 18.2. The molecule has 1 aliphatic carbocycles. The smallest absolute Gasteiger partial charge is 0.270 e. The van der Waals surface area contributed by atoms with E-state index in [0.717, 1.165) is 36.7 Å². The fraction of sp³-hybridized carbons (Fsp3) is 0.440. The summed E-state index contributed by atoms with van der Waals surface area (Å²) in [5.74, 6) is 0.0727.